The molecule has 0 aliphatic carbocycles. The van der Waals surface area contributed by atoms with Crippen molar-refractivity contribution in [2.75, 3.05) is 0 Å². The van der Waals surface area contributed by atoms with E-state index in [0.717, 1.165) is 35.1 Å². The van der Waals surface area contributed by atoms with Crippen molar-refractivity contribution in [3.05, 3.63) is 58.7 Å². The molecule has 0 unspecified atom stereocenters. The fraction of sp³-hybridized carbons (Fsp3) is 0.316. The molecule has 2 aromatic carbocycles. The third kappa shape index (κ3) is 4.17. The first kappa shape index (κ1) is 20.7. The summed E-state index contributed by atoms with van der Waals surface area (Å²) < 4.78 is 15.5. The van der Waals surface area contributed by atoms with E-state index in [4.69, 9.17) is 4.52 Å². The van der Waals surface area contributed by atoms with Crippen molar-refractivity contribution < 1.29 is 34.2 Å². The van der Waals surface area contributed by atoms with Crippen LogP contribution in [0.25, 0.3) is 11.1 Å². The minimum Gasteiger partial charge on any atom is -1.00 e. The van der Waals surface area contributed by atoms with Gasteiger partial charge in [-0.25, -0.2) is 9.36 Å². The van der Waals surface area contributed by atoms with Crippen LogP contribution in [0.5, 0.6) is 0 Å². The number of carbonyl (C=O) groups excluding carboxylic acids is 1. The molecular formula is C19H22LiO3P. The topological polar surface area (TPSA) is 43.4 Å². The Hall–Kier alpha value is -1.39. The summed E-state index contributed by atoms with van der Waals surface area (Å²) in [7, 11) is -0.612. The van der Waals surface area contributed by atoms with E-state index < -0.39 is 14.7 Å². The van der Waals surface area contributed by atoms with E-state index >= 15 is 0 Å². The average Bonchev–Trinajstić information content (AvgIpc) is 2.60. The molecule has 24 heavy (non-hydrogen) atoms. The predicted molar refractivity (Wildman–Crippen MR) is 94.1 cm³/mol. The Balaban J connectivity index is 0.00000288. The van der Waals surface area contributed by atoms with Crippen molar-refractivity contribution in [1.29, 1.82) is 0 Å². The van der Waals surface area contributed by atoms with Crippen molar-refractivity contribution in [3.8, 4) is 11.1 Å². The van der Waals surface area contributed by atoms with Gasteiger partial charge in [-0.1, -0.05) is 57.2 Å². The molecule has 0 aromatic heterocycles. The molecule has 0 heterocycles. The van der Waals surface area contributed by atoms with E-state index in [-0.39, 0.29) is 20.3 Å². The summed E-state index contributed by atoms with van der Waals surface area (Å²) in [6.45, 7) is 6.17. The van der Waals surface area contributed by atoms with E-state index in [2.05, 4.69) is 25.1 Å². The molecule has 2 aromatic rings. The Bertz CT molecular complexity index is 720. The van der Waals surface area contributed by atoms with Gasteiger partial charge in [0.05, 0.1) is 5.56 Å². The van der Waals surface area contributed by atoms with Gasteiger partial charge in [0.25, 0.3) is 0 Å². The van der Waals surface area contributed by atoms with Crippen LogP contribution >= 0.6 is 8.69 Å². The molecule has 3 nitrogen and oxygen atoms in total. The van der Waals surface area contributed by atoms with E-state index in [1.165, 1.54) is 5.56 Å². The summed E-state index contributed by atoms with van der Waals surface area (Å²) in [4.78, 5) is 12.4. The molecule has 0 aliphatic heterocycles. The predicted octanol–water partition coefficient (Wildman–Crippen LogP) is 2.52. The molecular weight excluding hydrogens is 314 g/mol. The number of aryl methyl sites for hydroxylation is 2. The number of hydrogen-bond donors (Lipinski definition) is 0. The zero-order valence-electron chi connectivity index (χ0n) is 15.8. The van der Waals surface area contributed by atoms with Gasteiger partial charge in [-0.3, -0.25) is 0 Å². The van der Waals surface area contributed by atoms with E-state index in [0.29, 0.717) is 12.0 Å². The van der Waals surface area contributed by atoms with Gasteiger partial charge in [0.15, 0.2) is 0 Å². The molecule has 0 spiro atoms. The standard InChI is InChI=1S/C19H21O3P.Li.H/c1-4-13-12-14(5-2)18(19(20)22-23-21)16(6-3)17(13)15-10-8-7-9-11-15;;/h7-12H,4-6H2,1-3H3;;/q;+1;-1. The molecule has 0 saturated carbocycles. The minimum atomic E-state index is -0.612. The monoisotopic (exact) mass is 336 g/mol. The van der Waals surface area contributed by atoms with Crippen molar-refractivity contribution in [1.82, 2.24) is 0 Å². The van der Waals surface area contributed by atoms with Gasteiger partial charge in [0.1, 0.15) is 0 Å². The smallest absolute Gasteiger partial charge is 1.00 e. The maximum atomic E-state index is 12.4. The summed E-state index contributed by atoms with van der Waals surface area (Å²) in [5.74, 6) is -0.518. The summed E-state index contributed by atoms with van der Waals surface area (Å²) >= 11 is 0. The van der Waals surface area contributed by atoms with Crippen molar-refractivity contribution >= 4 is 14.7 Å². The third-order valence-corrected chi connectivity index (χ3v) is 4.34. The van der Waals surface area contributed by atoms with E-state index in [1.54, 1.807) is 0 Å². The molecule has 0 N–H and O–H groups in total. The van der Waals surface area contributed by atoms with Crippen molar-refractivity contribution in [2.45, 2.75) is 40.0 Å². The first-order chi connectivity index (χ1) is 11.2. The SMILES string of the molecule is CCc1cc(CC)c(-c2ccccc2)c(CC)c1C(=O)OP=O.[H-].[Li+]. The first-order valence-electron chi connectivity index (χ1n) is 7.94. The Kier molecular flexibility index (Phi) is 8.43. The normalized spacial score (nSPS) is 10.3. The molecule has 0 fully saturated rings. The largest absolute Gasteiger partial charge is 1.00 e. The van der Waals surface area contributed by atoms with Gasteiger partial charge < -0.3 is 5.95 Å². The number of rotatable bonds is 6. The van der Waals surface area contributed by atoms with Gasteiger partial charge in [-0.15, -0.1) is 0 Å². The van der Waals surface area contributed by atoms with Crippen molar-refractivity contribution in [2.24, 2.45) is 0 Å². The summed E-state index contributed by atoms with van der Waals surface area (Å²) in [6, 6.07) is 12.2. The van der Waals surface area contributed by atoms with Gasteiger partial charge in [0.2, 0.25) is 0 Å². The maximum Gasteiger partial charge on any atom is 1.00 e. The molecule has 5 heteroatoms. The van der Waals surface area contributed by atoms with E-state index in [1.807, 2.05) is 32.0 Å². The molecule has 0 amide bonds. The fourth-order valence-corrected chi connectivity index (χ4v) is 3.24. The van der Waals surface area contributed by atoms with Crippen LogP contribution in [-0.4, -0.2) is 5.97 Å². The van der Waals surface area contributed by atoms with Gasteiger partial charge >= 0.3 is 33.5 Å². The molecule has 0 atom stereocenters. The summed E-state index contributed by atoms with van der Waals surface area (Å²) in [5, 5.41) is 0. The first-order valence-corrected chi connectivity index (χ1v) is 8.67. The zero-order valence-corrected chi connectivity index (χ0v) is 15.7. The minimum absolute atomic E-state index is 0. The second-order valence-electron chi connectivity index (χ2n) is 5.30. The molecule has 0 aliphatic rings. The van der Waals surface area contributed by atoms with Gasteiger partial charge in [-0.2, -0.15) is 0 Å². The van der Waals surface area contributed by atoms with Gasteiger partial charge in [0, 0.05) is 0 Å². The molecule has 0 bridgehead atoms. The maximum absolute atomic E-state index is 12.4. The zero-order chi connectivity index (χ0) is 16.8. The molecule has 0 saturated heterocycles. The number of hydrogen-bond acceptors (Lipinski definition) is 3. The van der Waals surface area contributed by atoms with Crippen molar-refractivity contribution in [3.63, 3.8) is 0 Å². The number of benzene rings is 2. The quantitative estimate of drug-likeness (QED) is 0.601. The molecule has 0 radical (unpaired) electrons. The Labute approximate surface area is 158 Å². The van der Waals surface area contributed by atoms with Crippen LogP contribution in [0, 0.1) is 0 Å². The van der Waals surface area contributed by atoms with Crippen LogP contribution in [0.1, 0.15) is 49.2 Å². The summed E-state index contributed by atoms with van der Waals surface area (Å²) in [5.41, 5.74) is 5.91. The molecule has 122 valence electrons. The van der Waals surface area contributed by atoms with Crippen LogP contribution in [0.2, 0.25) is 0 Å². The van der Waals surface area contributed by atoms with E-state index in [9.17, 15) is 9.36 Å². The second kappa shape index (κ2) is 9.79. The Morgan fingerprint density at radius 2 is 1.67 bits per heavy atom. The second-order valence-corrected chi connectivity index (χ2v) is 5.63. The fourth-order valence-electron chi connectivity index (χ4n) is 3.08. The van der Waals surface area contributed by atoms with Crippen LogP contribution in [0.4, 0.5) is 0 Å². The van der Waals surface area contributed by atoms with Crippen LogP contribution < -0.4 is 18.9 Å². The Morgan fingerprint density at radius 3 is 2.17 bits per heavy atom. The number of carbonyl (C=O) groups is 1. The Morgan fingerprint density at radius 1 is 1.04 bits per heavy atom. The molecule has 2 rings (SSSR count). The average molecular weight is 336 g/mol. The van der Waals surface area contributed by atoms with Crippen LogP contribution in [0.3, 0.4) is 0 Å². The van der Waals surface area contributed by atoms with Crippen LogP contribution in [0.15, 0.2) is 36.4 Å². The van der Waals surface area contributed by atoms with Crippen LogP contribution in [-0.2, 0) is 28.4 Å². The summed E-state index contributed by atoms with van der Waals surface area (Å²) in [6.07, 6.45) is 2.33. The van der Waals surface area contributed by atoms with Gasteiger partial charge in [-0.05, 0) is 47.1 Å². The third-order valence-electron chi connectivity index (χ3n) is 4.10.